The molecule has 0 aliphatic carbocycles. The molecule has 0 aliphatic rings. The summed E-state index contributed by atoms with van der Waals surface area (Å²) in [6, 6.07) is 2.87. The minimum atomic E-state index is -1.21. The fraction of sp³-hybridized carbons (Fsp3) is 0.357. The molecule has 0 aromatic heterocycles. The van der Waals surface area contributed by atoms with Crippen LogP contribution in [0.3, 0.4) is 0 Å². The van der Waals surface area contributed by atoms with Gasteiger partial charge in [-0.25, -0.2) is 4.79 Å². The molecule has 116 valence electrons. The van der Waals surface area contributed by atoms with Gasteiger partial charge in [0, 0.05) is 12.0 Å². The van der Waals surface area contributed by atoms with Crippen LogP contribution in [0.2, 0.25) is 0 Å². The molecular formula is C14H18O7. The molecule has 1 aromatic rings. The van der Waals surface area contributed by atoms with Crippen molar-refractivity contribution < 1.29 is 34.7 Å². The minimum Gasteiger partial charge on any atom is -0.502 e. The van der Waals surface area contributed by atoms with Crippen molar-refractivity contribution in [3.63, 3.8) is 0 Å². The number of ether oxygens (including phenoxy) is 2. The number of phenolic OH excluding ortho intramolecular Hbond substituents is 1. The molecule has 1 unspecified atom stereocenters. The van der Waals surface area contributed by atoms with Gasteiger partial charge < -0.3 is 29.9 Å². The lowest BCUT2D eigenvalue weighted by Gasteiger charge is -2.11. The SMILES string of the molecule is COc1cc(/C=C(\CC(O)CO)C(=O)O)cc(OC)c1O. The average Bonchev–Trinajstić information content (AvgIpc) is 2.47. The van der Waals surface area contributed by atoms with E-state index in [0.29, 0.717) is 5.56 Å². The van der Waals surface area contributed by atoms with Gasteiger partial charge in [-0.3, -0.25) is 0 Å². The van der Waals surface area contributed by atoms with E-state index < -0.39 is 18.7 Å². The first-order chi connectivity index (χ1) is 9.92. The van der Waals surface area contributed by atoms with Crippen molar-refractivity contribution >= 4 is 12.0 Å². The molecule has 0 saturated carbocycles. The zero-order valence-corrected chi connectivity index (χ0v) is 11.7. The van der Waals surface area contributed by atoms with Crippen molar-refractivity contribution in [3.05, 3.63) is 23.3 Å². The summed E-state index contributed by atoms with van der Waals surface area (Å²) in [5.41, 5.74) is 0.329. The van der Waals surface area contributed by atoms with Crippen molar-refractivity contribution in [3.8, 4) is 17.2 Å². The molecule has 1 atom stereocenters. The first-order valence-electron chi connectivity index (χ1n) is 6.10. The normalized spacial score (nSPS) is 12.9. The zero-order valence-electron chi connectivity index (χ0n) is 11.7. The molecule has 0 spiro atoms. The number of carbonyl (C=O) groups is 1. The van der Waals surface area contributed by atoms with Crippen molar-refractivity contribution in [1.82, 2.24) is 0 Å². The van der Waals surface area contributed by atoms with Gasteiger partial charge in [-0.2, -0.15) is 0 Å². The summed E-state index contributed by atoms with van der Waals surface area (Å²) in [6.07, 6.45) is -0.0588. The third-order valence-corrected chi connectivity index (χ3v) is 2.78. The Balaban J connectivity index is 3.23. The standard InChI is InChI=1S/C14H18O7/c1-20-11-4-8(5-12(21-2)13(11)17)3-9(14(18)19)6-10(16)7-15/h3-5,10,15-17H,6-7H2,1-2H3,(H,18,19)/b9-3+. The molecule has 1 rings (SSSR count). The van der Waals surface area contributed by atoms with Crippen LogP contribution >= 0.6 is 0 Å². The van der Waals surface area contributed by atoms with Gasteiger partial charge in [0.15, 0.2) is 11.5 Å². The molecule has 0 bridgehead atoms. The molecule has 0 heterocycles. The number of hydrogen-bond acceptors (Lipinski definition) is 6. The molecule has 7 heteroatoms. The second-order valence-corrected chi connectivity index (χ2v) is 4.29. The second-order valence-electron chi connectivity index (χ2n) is 4.29. The number of aliphatic hydroxyl groups is 2. The molecule has 0 aliphatic heterocycles. The highest BCUT2D eigenvalue weighted by Gasteiger charge is 2.15. The van der Waals surface area contributed by atoms with Gasteiger partial charge in [0.05, 0.1) is 26.9 Å². The molecule has 0 fully saturated rings. The lowest BCUT2D eigenvalue weighted by molar-refractivity contribution is -0.133. The molecule has 1 aromatic carbocycles. The summed E-state index contributed by atoms with van der Waals surface area (Å²) in [5, 5.41) is 37.0. The van der Waals surface area contributed by atoms with Crippen LogP contribution in [0.15, 0.2) is 17.7 Å². The van der Waals surface area contributed by atoms with E-state index >= 15 is 0 Å². The van der Waals surface area contributed by atoms with Crippen LogP contribution in [-0.2, 0) is 4.79 Å². The average molecular weight is 298 g/mol. The van der Waals surface area contributed by atoms with Gasteiger partial charge in [0.25, 0.3) is 0 Å². The molecule has 7 nitrogen and oxygen atoms in total. The number of methoxy groups -OCH3 is 2. The highest BCUT2D eigenvalue weighted by Crippen LogP contribution is 2.37. The van der Waals surface area contributed by atoms with Crippen molar-refractivity contribution in [2.24, 2.45) is 0 Å². The lowest BCUT2D eigenvalue weighted by Crippen LogP contribution is -2.16. The third kappa shape index (κ3) is 4.37. The molecule has 21 heavy (non-hydrogen) atoms. The van der Waals surface area contributed by atoms with E-state index in [1.54, 1.807) is 0 Å². The summed E-state index contributed by atoms with van der Waals surface area (Å²) >= 11 is 0. The Morgan fingerprint density at radius 2 is 1.81 bits per heavy atom. The Kier molecular flexibility index (Phi) is 6.01. The van der Waals surface area contributed by atoms with Crippen molar-refractivity contribution in [1.29, 1.82) is 0 Å². The fourth-order valence-corrected chi connectivity index (χ4v) is 1.72. The maximum atomic E-state index is 11.2. The van der Waals surface area contributed by atoms with E-state index in [0.717, 1.165) is 0 Å². The minimum absolute atomic E-state index is 0.0913. The number of rotatable bonds is 7. The van der Waals surface area contributed by atoms with Crippen LogP contribution in [0.4, 0.5) is 0 Å². The van der Waals surface area contributed by atoms with E-state index in [4.69, 9.17) is 19.7 Å². The van der Waals surface area contributed by atoms with E-state index in [2.05, 4.69) is 0 Å². The zero-order chi connectivity index (χ0) is 16.0. The summed E-state index contributed by atoms with van der Waals surface area (Å²) in [7, 11) is 2.71. The van der Waals surface area contributed by atoms with Crippen LogP contribution in [-0.4, -0.2) is 53.3 Å². The number of benzene rings is 1. The molecular weight excluding hydrogens is 280 g/mol. The number of carboxylic acid groups (broad SMARTS) is 1. The summed E-state index contributed by atoms with van der Waals surface area (Å²) in [4.78, 5) is 11.2. The fourth-order valence-electron chi connectivity index (χ4n) is 1.72. The van der Waals surface area contributed by atoms with E-state index in [9.17, 15) is 15.0 Å². The highest BCUT2D eigenvalue weighted by molar-refractivity contribution is 5.92. The van der Waals surface area contributed by atoms with Crippen molar-refractivity contribution in [2.75, 3.05) is 20.8 Å². The Labute approximate surface area is 121 Å². The Hall–Kier alpha value is -2.25. The highest BCUT2D eigenvalue weighted by atomic mass is 16.5. The van der Waals surface area contributed by atoms with Crippen LogP contribution in [0, 0.1) is 0 Å². The van der Waals surface area contributed by atoms with Gasteiger partial charge in [-0.1, -0.05) is 0 Å². The number of aromatic hydroxyl groups is 1. The van der Waals surface area contributed by atoms with Crippen LogP contribution in [0.25, 0.3) is 6.08 Å². The van der Waals surface area contributed by atoms with Crippen LogP contribution in [0.5, 0.6) is 17.2 Å². The summed E-state index contributed by atoms with van der Waals surface area (Å²) in [6.45, 7) is -0.535. The first kappa shape index (κ1) is 16.8. The smallest absolute Gasteiger partial charge is 0.331 e. The maximum Gasteiger partial charge on any atom is 0.331 e. The van der Waals surface area contributed by atoms with E-state index in [1.165, 1.54) is 32.4 Å². The second kappa shape index (κ2) is 7.51. The van der Waals surface area contributed by atoms with E-state index in [1.807, 2.05) is 0 Å². The number of hydrogen-bond donors (Lipinski definition) is 4. The third-order valence-electron chi connectivity index (χ3n) is 2.78. The maximum absolute atomic E-state index is 11.2. The van der Waals surface area contributed by atoms with Gasteiger partial charge in [-0.15, -0.1) is 0 Å². The Morgan fingerprint density at radius 3 is 2.19 bits per heavy atom. The van der Waals surface area contributed by atoms with E-state index in [-0.39, 0.29) is 29.2 Å². The van der Waals surface area contributed by atoms with Crippen LogP contribution in [0.1, 0.15) is 12.0 Å². The van der Waals surface area contributed by atoms with Gasteiger partial charge in [0.2, 0.25) is 5.75 Å². The molecule has 0 radical (unpaired) electrons. The van der Waals surface area contributed by atoms with Crippen molar-refractivity contribution in [2.45, 2.75) is 12.5 Å². The summed E-state index contributed by atoms with van der Waals surface area (Å²) in [5.74, 6) is -1.14. The number of aliphatic carboxylic acids is 1. The van der Waals surface area contributed by atoms with Crippen LogP contribution < -0.4 is 9.47 Å². The summed E-state index contributed by atoms with van der Waals surface area (Å²) < 4.78 is 9.95. The topological polar surface area (TPSA) is 116 Å². The van der Waals surface area contributed by atoms with Gasteiger partial charge >= 0.3 is 5.97 Å². The largest absolute Gasteiger partial charge is 0.502 e. The quantitative estimate of drug-likeness (QED) is 0.545. The predicted molar refractivity (Wildman–Crippen MR) is 74.5 cm³/mol. The van der Waals surface area contributed by atoms with Gasteiger partial charge in [-0.05, 0) is 23.8 Å². The predicted octanol–water partition coefficient (Wildman–Crippen LogP) is 0.621. The number of aliphatic hydroxyl groups excluding tert-OH is 2. The number of carboxylic acids is 1. The lowest BCUT2D eigenvalue weighted by atomic mass is 10.0. The monoisotopic (exact) mass is 298 g/mol. The van der Waals surface area contributed by atoms with Gasteiger partial charge in [0.1, 0.15) is 0 Å². The molecule has 0 saturated heterocycles. The molecule has 0 amide bonds. The molecule has 4 N–H and O–H groups in total. The Morgan fingerprint density at radius 1 is 1.29 bits per heavy atom. The first-order valence-corrected chi connectivity index (χ1v) is 6.10. The number of phenols is 1. The Bertz CT molecular complexity index is 511.